The van der Waals surface area contributed by atoms with Crippen molar-refractivity contribution < 1.29 is 8.83 Å². The lowest BCUT2D eigenvalue weighted by Gasteiger charge is -2.26. The summed E-state index contributed by atoms with van der Waals surface area (Å²) in [6.45, 7) is 0. The van der Waals surface area contributed by atoms with Crippen LogP contribution in [-0.2, 0) is 0 Å². The second-order valence-electron chi connectivity index (χ2n) is 18.0. The maximum Gasteiger partial charge on any atom is 0.143 e. The Balaban J connectivity index is 0.818. The molecule has 3 aromatic heterocycles. The quantitative estimate of drug-likeness (QED) is 0.152. The van der Waals surface area contributed by atoms with E-state index in [9.17, 15) is 0 Å². The lowest BCUT2D eigenvalue weighted by molar-refractivity contribution is 0.669. The summed E-state index contributed by atoms with van der Waals surface area (Å²) in [5.41, 5.74) is 19.3. The Morgan fingerprint density at radius 3 is 1.33 bits per heavy atom. The van der Waals surface area contributed by atoms with E-state index >= 15 is 0 Å². The van der Waals surface area contributed by atoms with E-state index in [4.69, 9.17) is 8.83 Å². The molecule has 0 fully saturated rings. The fourth-order valence-electron chi connectivity index (χ4n) is 10.6. The third kappa shape index (κ3) is 6.53. The number of fused-ring (bicyclic) bond motifs is 9. The summed E-state index contributed by atoms with van der Waals surface area (Å²) < 4.78 is 15.5. The minimum absolute atomic E-state index is 0.894. The lowest BCUT2D eigenvalue weighted by atomic mass is 10.00. The van der Waals surface area contributed by atoms with Crippen molar-refractivity contribution in [3.63, 3.8) is 0 Å². The van der Waals surface area contributed by atoms with Crippen molar-refractivity contribution in [2.24, 2.45) is 0 Å². The first kappa shape index (κ1) is 39.8. The van der Waals surface area contributed by atoms with E-state index in [1.807, 2.05) is 18.2 Å². The van der Waals surface area contributed by atoms with Crippen molar-refractivity contribution in [3.05, 3.63) is 255 Å². The monoisotopic (exact) mass is 894 g/mol. The molecule has 328 valence electrons. The van der Waals surface area contributed by atoms with Crippen LogP contribution in [0.4, 0.5) is 17.1 Å². The molecule has 3 heterocycles. The van der Waals surface area contributed by atoms with Gasteiger partial charge in [0.2, 0.25) is 0 Å². The molecule has 4 heteroatoms. The fourth-order valence-corrected chi connectivity index (χ4v) is 10.6. The zero-order valence-electron chi connectivity index (χ0n) is 38.0. The summed E-state index contributed by atoms with van der Waals surface area (Å²) in [5.74, 6) is 0. The van der Waals surface area contributed by atoms with Gasteiger partial charge >= 0.3 is 0 Å². The van der Waals surface area contributed by atoms with E-state index in [2.05, 4.69) is 246 Å². The Bertz CT molecular complexity index is 4240. The number of nitrogens with zero attached hydrogens (tertiary/aromatic N) is 2. The summed E-state index contributed by atoms with van der Waals surface area (Å²) in [4.78, 5) is 2.34. The standard InChI is InChI=1S/C66H42N2O2/c1-3-13-43(14-4-1)44-25-33-49(34-26-44)67(51-39-31-48(32-40-51)54-20-12-22-58-57-21-11-19-53(65(57)70-66(54)58)47-15-5-2-6-16-47)50-35-27-45(28-36-50)46-29-37-52(38-30-46)68-61-23-9-7-17-55(61)59-42-64-60(41-62(59)68)56-18-8-10-24-63(56)69-64/h1-42H. The molecule has 0 bridgehead atoms. The predicted molar refractivity (Wildman–Crippen MR) is 292 cm³/mol. The molecule has 4 nitrogen and oxygen atoms in total. The van der Waals surface area contributed by atoms with Crippen LogP contribution in [0.25, 0.3) is 116 Å². The highest BCUT2D eigenvalue weighted by atomic mass is 16.3. The molecule has 0 radical (unpaired) electrons. The van der Waals surface area contributed by atoms with Gasteiger partial charge in [-0.3, -0.25) is 0 Å². The second kappa shape index (κ2) is 16.2. The molecule has 0 N–H and O–H groups in total. The molecular weight excluding hydrogens is 853 g/mol. The molecule has 0 saturated carbocycles. The van der Waals surface area contributed by atoms with E-state index in [1.54, 1.807) is 0 Å². The molecule has 0 atom stereocenters. The van der Waals surface area contributed by atoms with E-state index in [-0.39, 0.29) is 0 Å². The van der Waals surface area contributed by atoms with Crippen LogP contribution in [-0.4, -0.2) is 4.57 Å². The van der Waals surface area contributed by atoms with Gasteiger partial charge in [-0.15, -0.1) is 0 Å². The van der Waals surface area contributed by atoms with E-state index in [1.165, 1.54) is 27.4 Å². The van der Waals surface area contributed by atoms with Crippen LogP contribution in [0.5, 0.6) is 0 Å². The van der Waals surface area contributed by atoms with Gasteiger partial charge in [0.05, 0.1) is 11.0 Å². The van der Waals surface area contributed by atoms with Crippen molar-refractivity contribution in [1.82, 2.24) is 4.57 Å². The smallest absolute Gasteiger partial charge is 0.143 e. The topological polar surface area (TPSA) is 34.5 Å². The molecule has 0 aliphatic heterocycles. The maximum absolute atomic E-state index is 6.80. The minimum atomic E-state index is 0.894. The van der Waals surface area contributed by atoms with Gasteiger partial charge in [0, 0.05) is 66.2 Å². The number of benzene rings is 11. The molecule has 0 saturated heterocycles. The zero-order chi connectivity index (χ0) is 46.1. The van der Waals surface area contributed by atoms with Crippen LogP contribution in [0.3, 0.4) is 0 Å². The zero-order valence-corrected chi connectivity index (χ0v) is 38.0. The summed E-state index contributed by atoms with van der Waals surface area (Å²) in [7, 11) is 0. The Kier molecular flexibility index (Phi) is 9.17. The molecule has 70 heavy (non-hydrogen) atoms. The van der Waals surface area contributed by atoms with Gasteiger partial charge in [0.1, 0.15) is 22.3 Å². The summed E-state index contributed by atoms with van der Waals surface area (Å²) in [6, 6.07) is 91.0. The first-order valence-corrected chi connectivity index (χ1v) is 23.8. The van der Waals surface area contributed by atoms with Crippen molar-refractivity contribution in [3.8, 4) is 50.2 Å². The van der Waals surface area contributed by atoms with Crippen molar-refractivity contribution in [1.29, 1.82) is 0 Å². The van der Waals surface area contributed by atoms with Gasteiger partial charge < -0.3 is 18.3 Å². The minimum Gasteiger partial charge on any atom is -0.456 e. The lowest BCUT2D eigenvalue weighted by Crippen LogP contribution is -2.09. The largest absolute Gasteiger partial charge is 0.456 e. The molecule has 11 aromatic carbocycles. The number of furan rings is 2. The van der Waals surface area contributed by atoms with Gasteiger partial charge in [0.15, 0.2) is 0 Å². The Morgan fingerprint density at radius 2 is 0.729 bits per heavy atom. The van der Waals surface area contributed by atoms with Gasteiger partial charge in [-0.1, -0.05) is 182 Å². The molecule has 14 rings (SSSR count). The van der Waals surface area contributed by atoms with Crippen LogP contribution in [0.2, 0.25) is 0 Å². The van der Waals surface area contributed by atoms with Gasteiger partial charge in [-0.2, -0.15) is 0 Å². The predicted octanol–water partition coefficient (Wildman–Crippen LogP) is 18.7. The number of hydrogen-bond acceptors (Lipinski definition) is 3. The number of anilines is 3. The Hall–Kier alpha value is -9.38. The van der Waals surface area contributed by atoms with Crippen LogP contribution < -0.4 is 4.90 Å². The van der Waals surface area contributed by atoms with Crippen molar-refractivity contribution in [2.45, 2.75) is 0 Å². The normalized spacial score (nSPS) is 11.7. The Labute approximate surface area is 404 Å². The number of aromatic nitrogens is 1. The van der Waals surface area contributed by atoms with E-state index in [0.717, 1.165) is 106 Å². The molecule has 0 amide bonds. The first-order chi connectivity index (χ1) is 34.7. The second-order valence-corrected chi connectivity index (χ2v) is 18.0. The SMILES string of the molecule is c1ccc(-c2ccc(N(c3ccc(-c4ccc(-n5c6ccccc6c6cc7oc8ccccc8c7cc65)cc4)cc3)c3ccc(-c4cccc5c4oc4c(-c6ccccc6)cccc45)cc3)cc2)cc1. The number of para-hydroxylation sites is 4. The summed E-state index contributed by atoms with van der Waals surface area (Å²) in [6.07, 6.45) is 0. The van der Waals surface area contributed by atoms with Crippen LogP contribution in [0, 0.1) is 0 Å². The highest BCUT2D eigenvalue weighted by molar-refractivity contribution is 6.17. The van der Waals surface area contributed by atoms with E-state index in [0.29, 0.717) is 0 Å². The van der Waals surface area contributed by atoms with Gasteiger partial charge in [0.25, 0.3) is 0 Å². The summed E-state index contributed by atoms with van der Waals surface area (Å²) >= 11 is 0. The third-order valence-corrected chi connectivity index (χ3v) is 14.0. The number of rotatable bonds is 8. The molecule has 0 spiro atoms. The van der Waals surface area contributed by atoms with Crippen LogP contribution in [0.1, 0.15) is 0 Å². The van der Waals surface area contributed by atoms with Crippen molar-refractivity contribution in [2.75, 3.05) is 4.90 Å². The average molecular weight is 895 g/mol. The molecule has 0 aliphatic rings. The van der Waals surface area contributed by atoms with Gasteiger partial charge in [-0.25, -0.2) is 0 Å². The van der Waals surface area contributed by atoms with E-state index < -0.39 is 0 Å². The van der Waals surface area contributed by atoms with Gasteiger partial charge in [-0.05, 0) is 106 Å². The number of hydrogen-bond donors (Lipinski definition) is 0. The average Bonchev–Trinajstić information content (AvgIpc) is 4.11. The van der Waals surface area contributed by atoms with Crippen LogP contribution in [0.15, 0.2) is 264 Å². The molecule has 14 aromatic rings. The Morgan fingerprint density at radius 1 is 0.271 bits per heavy atom. The van der Waals surface area contributed by atoms with Crippen LogP contribution >= 0.6 is 0 Å². The highest BCUT2D eigenvalue weighted by Gasteiger charge is 2.19. The summed E-state index contributed by atoms with van der Waals surface area (Å²) in [5, 5.41) is 6.86. The van der Waals surface area contributed by atoms with Crippen molar-refractivity contribution >= 4 is 82.7 Å². The molecule has 0 aliphatic carbocycles. The maximum atomic E-state index is 6.80. The fraction of sp³-hybridized carbons (Fsp3) is 0. The molecular formula is C66H42N2O2. The molecule has 0 unspecified atom stereocenters. The third-order valence-electron chi connectivity index (χ3n) is 14.0. The first-order valence-electron chi connectivity index (χ1n) is 23.8. The highest BCUT2D eigenvalue weighted by Crippen LogP contribution is 2.43.